The molecule has 0 spiro atoms. The van der Waals surface area contributed by atoms with Gasteiger partial charge in [-0.2, -0.15) is 0 Å². The average Bonchev–Trinajstić information content (AvgIpc) is 2.19. The van der Waals surface area contributed by atoms with Crippen LogP contribution in [0.1, 0.15) is 19.3 Å². The summed E-state index contributed by atoms with van der Waals surface area (Å²) in [6.45, 7) is 0. The van der Waals surface area contributed by atoms with E-state index in [9.17, 15) is 5.11 Å². The Morgan fingerprint density at radius 2 is 1.64 bits per heavy atom. The monoisotopic (exact) mass is 156 g/mol. The zero-order valence-electron chi connectivity index (χ0n) is 6.27. The van der Waals surface area contributed by atoms with Gasteiger partial charge in [-0.3, -0.25) is 0 Å². The summed E-state index contributed by atoms with van der Waals surface area (Å²) in [6, 6.07) is 0. The van der Waals surface area contributed by atoms with Gasteiger partial charge in [0, 0.05) is 19.3 Å². The summed E-state index contributed by atoms with van der Waals surface area (Å²) in [7, 11) is 0. The molecule has 1 unspecified atom stereocenters. The highest BCUT2D eigenvalue weighted by molar-refractivity contribution is 4.98. The topological polar surface area (TPSA) is 38.7 Å². The highest BCUT2D eigenvalue weighted by atomic mass is 16.6. The van der Waals surface area contributed by atoms with Gasteiger partial charge in [-0.1, -0.05) is 0 Å². The number of aliphatic hydroxyl groups excluding tert-OH is 1. The zero-order chi connectivity index (χ0) is 7.42. The normalized spacial score (nSPS) is 60.3. The minimum atomic E-state index is -0.276. The Hall–Kier alpha value is -0.120. The Labute approximate surface area is 65.3 Å². The van der Waals surface area contributed by atoms with Gasteiger partial charge in [0.25, 0.3) is 0 Å². The van der Waals surface area contributed by atoms with Crippen LogP contribution in [-0.4, -0.2) is 35.6 Å². The van der Waals surface area contributed by atoms with Crippen molar-refractivity contribution in [2.24, 2.45) is 0 Å². The van der Waals surface area contributed by atoms with E-state index in [2.05, 4.69) is 0 Å². The number of rotatable bonds is 0. The van der Waals surface area contributed by atoms with Crippen LogP contribution in [-0.2, 0) is 9.47 Å². The van der Waals surface area contributed by atoms with Crippen molar-refractivity contribution in [3.63, 3.8) is 0 Å². The van der Waals surface area contributed by atoms with Gasteiger partial charge in [-0.25, -0.2) is 0 Å². The lowest BCUT2D eigenvalue weighted by Crippen LogP contribution is -2.46. The maximum atomic E-state index is 9.51. The highest BCUT2D eigenvalue weighted by Crippen LogP contribution is 2.41. The molecule has 3 aliphatic heterocycles. The zero-order valence-corrected chi connectivity index (χ0v) is 6.27. The number of hydrogen-bond donors (Lipinski definition) is 1. The fourth-order valence-electron chi connectivity index (χ4n) is 2.48. The summed E-state index contributed by atoms with van der Waals surface area (Å²) < 4.78 is 11.3. The average molecular weight is 156 g/mol. The maximum absolute atomic E-state index is 9.51. The first kappa shape index (κ1) is 6.40. The lowest BCUT2D eigenvalue weighted by atomic mass is 9.90. The molecule has 0 saturated carbocycles. The van der Waals surface area contributed by atoms with Crippen molar-refractivity contribution < 1.29 is 14.6 Å². The van der Waals surface area contributed by atoms with Gasteiger partial charge in [-0.15, -0.1) is 0 Å². The highest BCUT2D eigenvalue weighted by Gasteiger charge is 2.49. The van der Waals surface area contributed by atoms with Crippen molar-refractivity contribution in [1.82, 2.24) is 0 Å². The van der Waals surface area contributed by atoms with Gasteiger partial charge < -0.3 is 14.6 Å². The Bertz CT molecular complexity index is 178. The molecule has 0 aliphatic carbocycles. The van der Waals surface area contributed by atoms with Crippen molar-refractivity contribution in [1.29, 1.82) is 0 Å². The van der Waals surface area contributed by atoms with Crippen molar-refractivity contribution in [3.05, 3.63) is 0 Å². The van der Waals surface area contributed by atoms with Crippen LogP contribution in [0, 0.1) is 0 Å². The summed E-state index contributed by atoms with van der Waals surface area (Å²) >= 11 is 0. The maximum Gasteiger partial charge on any atom is 0.0867 e. The van der Waals surface area contributed by atoms with Gasteiger partial charge in [0.1, 0.15) is 0 Å². The Morgan fingerprint density at radius 1 is 0.909 bits per heavy atom. The molecule has 0 aromatic heterocycles. The van der Waals surface area contributed by atoms with Crippen LogP contribution in [0.3, 0.4) is 0 Å². The van der Waals surface area contributed by atoms with E-state index in [0.717, 1.165) is 19.3 Å². The summed E-state index contributed by atoms with van der Waals surface area (Å²) in [4.78, 5) is 0. The largest absolute Gasteiger partial charge is 0.390 e. The molecule has 0 radical (unpaired) electrons. The third kappa shape index (κ3) is 0.789. The molecule has 3 fully saturated rings. The molecule has 0 aromatic rings. The molecule has 3 rings (SSSR count). The predicted octanol–water partition coefficient (Wildman–Crippen LogP) is 0.0660. The molecular formula is C8H12O3. The molecule has 1 N–H and O–H groups in total. The number of aliphatic hydroxyl groups is 1. The van der Waals surface area contributed by atoms with Crippen LogP contribution in [0.15, 0.2) is 0 Å². The van der Waals surface area contributed by atoms with Crippen molar-refractivity contribution >= 4 is 0 Å². The van der Waals surface area contributed by atoms with E-state index in [-0.39, 0.29) is 18.3 Å². The van der Waals surface area contributed by atoms with E-state index >= 15 is 0 Å². The van der Waals surface area contributed by atoms with E-state index in [4.69, 9.17) is 9.47 Å². The molecule has 0 amide bonds. The van der Waals surface area contributed by atoms with Gasteiger partial charge in [0.2, 0.25) is 0 Å². The van der Waals surface area contributed by atoms with Crippen molar-refractivity contribution in [3.8, 4) is 0 Å². The van der Waals surface area contributed by atoms with Crippen LogP contribution in [0.25, 0.3) is 0 Å². The van der Waals surface area contributed by atoms with Crippen LogP contribution in [0.2, 0.25) is 0 Å². The van der Waals surface area contributed by atoms with Gasteiger partial charge >= 0.3 is 0 Å². The minimum Gasteiger partial charge on any atom is -0.390 e. The number of ether oxygens (including phenoxy) is 2. The van der Waals surface area contributed by atoms with Gasteiger partial charge in [0.05, 0.1) is 30.5 Å². The minimum absolute atomic E-state index is 0.0671. The first-order chi connectivity index (χ1) is 5.33. The molecule has 3 heterocycles. The Kier molecular flexibility index (Phi) is 1.15. The van der Waals surface area contributed by atoms with E-state index < -0.39 is 0 Å². The third-order valence-electron chi connectivity index (χ3n) is 3.02. The standard InChI is InChI=1S/C8H12O3/c9-5-3-8-7-2-4(10-8)1-6(5)11-7/h4-9H,1-3H2/t4-,5+,6-,7?,8+/m1/s1. The second-order valence-corrected chi connectivity index (χ2v) is 3.78. The summed E-state index contributed by atoms with van der Waals surface area (Å²) in [5.41, 5.74) is 0. The molecule has 5 atom stereocenters. The SMILES string of the molecule is O[C@H]1C[C@@H]2O[C@H]3CC2O[C@@H]1C3. The number of fused-ring (bicyclic) bond motifs is 2. The summed E-state index contributed by atoms with van der Waals surface area (Å²) in [5, 5.41) is 9.51. The lowest BCUT2D eigenvalue weighted by Gasteiger charge is -2.35. The van der Waals surface area contributed by atoms with E-state index in [1.165, 1.54) is 0 Å². The second-order valence-electron chi connectivity index (χ2n) is 3.78. The molecule has 11 heavy (non-hydrogen) atoms. The fraction of sp³-hybridized carbons (Fsp3) is 1.00. The van der Waals surface area contributed by atoms with E-state index in [1.54, 1.807) is 0 Å². The summed E-state index contributed by atoms with van der Waals surface area (Å²) in [6.07, 6.45) is 3.38. The lowest BCUT2D eigenvalue weighted by molar-refractivity contribution is -0.138. The first-order valence-corrected chi connectivity index (χ1v) is 4.32. The molecule has 3 heteroatoms. The van der Waals surface area contributed by atoms with E-state index in [0.29, 0.717) is 12.2 Å². The van der Waals surface area contributed by atoms with Crippen molar-refractivity contribution in [2.75, 3.05) is 0 Å². The van der Waals surface area contributed by atoms with E-state index in [1.807, 2.05) is 0 Å². The molecule has 0 aromatic carbocycles. The second kappa shape index (κ2) is 1.97. The van der Waals surface area contributed by atoms with Crippen LogP contribution in [0.5, 0.6) is 0 Å². The molecule has 3 nitrogen and oxygen atoms in total. The third-order valence-corrected chi connectivity index (χ3v) is 3.02. The van der Waals surface area contributed by atoms with Crippen LogP contribution >= 0.6 is 0 Å². The molecule has 3 aliphatic rings. The van der Waals surface area contributed by atoms with Crippen LogP contribution in [0.4, 0.5) is 0 Å². The summed E-state index contributed by atoms with van der Waals surface area (Å²) in [5.74, 6) is 0. The van der Waals surface area contributed by atoms with Gasteiger partial charge in [-0.05, 0) is 0 Å². The molecule has 62 valence electrons. The molecular weight excluding hydrogens is 144 g/mol. The quantitative estimate of drug-likeness (QED) is 0.539. The number of hydrogen-bond acceptors (Lipinski definition) is 3. The fourth-order valence-corrected chi connectivity index (χ4v) is 2.48. The van der Waals surface area contributed by atoms with Gasteiger partial charge in [0.15, 0.2) is 0 Å². The first-order valence-electron chi connectivity index (χ1n) is 4.32. The van der Waals surface area contributed by atoms with Crippen LogP contribution < -0.4 is 0 Å². The Morgan fingerprint density at radius 3 is 2.55 bits per heavy atom. The molecule has 3 saturated heterocycles. The predicted molar refractivity (Wildman–Crippen MR) is 37.2 cm³/mol. The molecule has 3 bridgehead atoms. The van der Waals surface area contributed by atoms with Crippen molar-refractivity contribution in [2.45, 2.75) is 49.8 Å². The Balaban J connectivity index is 1.93. The smallest absolute Gasteiger partial charge is 0.0867 e.